The van der Waals surface area contributed by atoms with Crippen LogP contribution in [0.1, 0.15) is 37.8 Å². The topological polar surface area (TPSA) is 167 Å². The molecular weight excluding hydrogens is 704 g/mol. The van der Waals surface area contributed by atoms with Gasteiger partial charge in [0.15, 0.2) is 0 Å². The number of carbonyl (C=O) groups is 2. The van der Waals surface area contributed by atoms with Crippen LogP contribution in [-0.4, -0.2) is 104 Å². The largest absolute Gasteiger partial charge is 0.496 e. The van der Waals surface area contributed by atoms with Gasteiger partial charge in [-0.1, -0.05) is 0 Å². The van der Waals surface area contributed by atoms with Crippen molar-refractivity contribution >= 4 is 33.5 Å². The average Bonchev–Trinajstić information content (AvgIpc) is 3.15. The first-order chi connectivity index (χ1) is 26.0. The van der Waals surface area contributed by atoms with E-state index >= 15 is 0 Å². The number of hydrogen-bond donors (Lipinski definition) is 2. The first-order valence-corrected chi connectivity index (χ1v) is 17.3. The van der Waals surface area contributed by atoms with Crippen LogP contribution >= 0.6 is 0 Å². The molecule has 0 saturated heterocycles. The maximum atomic E-state index is 12.1. The summed E-state index contributed by atoms with van der Waals surface area (Å²) >= 11 is 0. The van der Waals surface area contributed by atoms with Crippen LogP contribution in [0, 0.1) is 0 Å². The second-order valence-corrected chi connectivity index (χ2v) is 12.1. The summed E-state index contributed by atoms with van der Waals surface area (Å²) in [7, 11) is 12.1. The molecule has 14 nitrogen and oxygen atoms in total. The van der Waals surface area contributed by atoms with Gasteiger partial charge in [-0.25, -0.2) is 0 Å². The van der Waals surface area contributed by atoms with Gasteiger partial charge >= 0.3 is 11.9 Å². The van der Waals surface area contributed by atoms with Crippen LogP contribution in [-0.2, 0) is 31.9 Å². The minimum atomic E-state index is -1.06. The molecule has 0 radical (unpaired) electrons. The Hall–Kier alpha value is -5.34. The molecule has 0 bridgehead atoms. The zero-order valence-electron chi connectivity index (χ0n) is 32.5. The minimum absolute atomic E-state index is 0.0562. The molecule has 294 valence electrons. The third-order valence-electron chi connectivity index (χ3n) is 8.94. The highest BCUT2D eigenvalue weighted by molar-refractivity contribution is 6.11. The summed E-state index contributed by atoms with van der Waals surface area (Å²) in [6, 6.07) is 7.00. The van der Waals surface area contributed by atoms with Gasteiger partial charge in [-0.15, -0.1) is 0 Å². The van der Waals surface area contributed by atoms with Gasteiger partial charge in [0.2, 0.25) is 0 Å². The van der Waals surface area contributed by atoms with E-state index in [2.05, 4.69) is 0 Å². The molecular formula is C40H50O14. The molecule has 2 N–H and O–H groups in total. The summed E-state index contributed by atoms with van der Waals surface area (Å²) in [6.07, 6.45) is -2.42. The van der Waals surface area contributed by atoms with Crippen molar-refractivity contribution in [1.29, 1.82) is 0 Å². The van der Waals surface area contributed by atoms with Crippen LogP contribution in [0.4, 0.5) is 0 Å². The van der Waals surface area contributed by atoms with Crippen molar-refractivity contribution in [2.24, 2.45) is 0 Å². The molecule has 2 unspecified atom stereocenters. The number of ether oxygens (including phenoxy) is 10. The highest BCUT2D eigenvalue weighted by Crippen LogP contribution is 2.56. The SMILES string of the molecule is CCOC(=O)CC(O)Cc1cc(OC)c2c(OC)c(-c3cc(OC)c4c(OC)c(CC(O)CC(=O)OCC)cc(OC)c4c3OC)cc(OC)c2c1OC. The van der Waals surface area contributed by atoms with Crippen LogP contribution < -0.4 is 37.9 Å². The van der Waals surface area contributed by atoms with E-state index in [1.54, 1.807) is 38.1 Å². The van der Waals surface area contributed by atoms with E-state index in [4.69, 9.17) is 47.4 Å². The van der Waals surface area contributed by atoms with Crippen LogP contribution in [0.25, 0.3) is 32.7 Å². The number of benzene rings is 4. The fourth-order valence-corrected chi connectivity index (χ4v) is 6.83. The van der Waals surface area contributed by atoms with E-state index in [1.807, 2.05) is 0 Å². The van der Waals surface area contributed by atoms with Crippen molar-refractivity contribution in [3.05, 3.63) is 35.4 Å². The number of esters is 2. The zero-order chi connectivity index (χ0) is 39.7. The lowest BCUT2D eigenvalue weighted by Crippen LogP contribution is -2.18. The molecule has 0 aliphatic heterocycles. The molecule has 2 atom stereocenters. The standard InChI is InChI=1S/C40H50O14/c1-11-53-31(43)17-23(41)13-21-15-27(45-3)35-33(37(21)49-7)29(47-5)19-25(39(35)51-9)26-20-30(48-6)34-36(40(26)52-10)28(46-4)16-22(38(34)50-8)14-24(42)18-32(44)54-12-2/h15-16,19-20,23-24,41-42H,11-14,17-18H2,1-10H3. The van der Waals surface area contributed by atoms with Crippen LogP contribution in [0.3, 0.4) is 0 Å². The van der Waals surface area contributed by atoms with Crippen LogP contribution in [0.5, 0.6) is 46.0 Å². The van der Waals surface area contributed by atoms with E-state index < -0.39 is 24.1 Å². The first kappa shape index (κ1) is 41.4. The minimum Gasteiger partial charge on any atom is -0.496 e. The van der Waals surface area contributed by atoms with Crippen molar-refractivity contribution in [2.75, 3.05) is 70.1 Å². The smallest absolute Gasteiger partial charge is 0.308 e. The van der Waals surface area contributed by atoms with Gasteiger partial charge in [0.25, 0.3) is 0 Å². The summed E-state index contributed by atoms with van der Waals surface area (Å²) in [4.78, 5) is 24.3. The van der Waals surface area contributed by atoms with Gasteiger partial charge < -0.3 is 57.6 Å². The Bertz CT molecular complexity index is 1830. The van der Waals surface area contributed by atoms with E-state index in [-0.39, 0.29) is 38.9 Å². The Balaban J connectivity index is 2.05. The molecule has 4 rings (SSSR count). The lowest BCUT2D eigenvalue weighted by molar-refractivity contribution is -0.146. The molecule has 0 aromatic heterocycles. The van der Waals surface area contributed by atoms with Crippen molar-refractivity contribution < 1.29 is 67.2 Å². The Morgan fingerprint density at radius 3 is 1.06 bits per heavy atom. The molecule has 54 heavy (non-hydrogen) atoms. The van der Waals surface area contributed by atoms with E-state index in [0.29, 0.717) is 89.8 Å². The third kappa shape index (κ3) is 8.24. The number of fused-ring (bicyclic) bond motifs is 2. The number of rotatable bonds is 19. The number of methoxy groups -OCH3 is 8. The Morgan fingerprint density at radius 1 is 0.481 bits per heavy atom. The highest BCUT2D eigenvalue weighted by atomic mass is 16.5. The van der Waals surface area contributed by atoms with Gasteiger partial charge in [-0.2, -0.15) is 0 Å². The summed E-state index contributed by atoms with van der Waals surface area (Å²) < 4.78 is 58.0. The predicted molar refractivity (Wildman–Crippen MR) is 201 cm³/mol. The summed E-state index contributed by atoms with van der Waals surface area (Å²) in [5, 5.41) is 23.7. The number of aliphatic hydroxyl groups is 2. The van der Waals surface area contributed by atoms with Crippen LogP contribution in [0.15, 0.2) is 24.3 Å². The average molecular weight is 755 g/mol. The molecule has 4 aromatic carbocycles. The third-order valence-corrected chi connectivity index (χ3v) is 8.94. The normalized spacial score (nSPS) is 12.1. The van der Waals surface area contributed by atoms with E-state index in [1.165, 1.54) is 56.9 Å². The maximum absolute atomic E-state index is 12.1. The van der Waals surface area contributed by atoms with Crippen molar-refractivity contribution in [3.63, 3.8) is 0 Å². The zero-order valence-corrected chi connectivity index (χ0v) is 32.5. The number of aliphatic hydroxyl groups excluding tert-OH is 2. The molecule has 0 fully saturated rings. The van der Waals surface area contributed by atoms with Gasteiger partial charge in [-0.05, 0) is 38.1 Å². The van der Waals surface area contributed by atoms with Gasteiger partial charge in [0, 0.05) is 35.1 Å². The Morgan fingerprint density at radius 2 is 0.778 bits per heavy atom. The molecule has 14 heteroatoms. The first-order valence-electron chi connectivity index (χ1n) is 17.3. The number of hydrogen-bond acceptors (Lipinski definition) is 14. The summed E-state index contributed by atoms with van der Waals surface area (Å²) in [5.41, 5.74) is 2.20. The van der Waals surface area contributed by atoms with Gasteiger partial charge in [0.05, 0.1) is 117 Å². The summed E-state index contributed by atoms with van der Waals surface area (Å²) in [5.74, 6) is 2.05. The molecule has 4 aromatic rings. The lowest BCUT2D eigenvalue weighted by Gasteiger charge is -2.24. The Labute approximate surface area is 314 Å². The quantitative estimate of drug-likeness (QED) is 0.116. The predicted octanol–water partition coefficient (Wildman–Crippen LogP) is 5.44. The molecule has 0 heterocycles. The van der Waals surface area contributed by atoms with Crippen molar-refractivity contribution in [2.45, 2.75) is 51.7 Å². The highest BCUT2D eigenvalue weighted by Gasteiger charge is 2.30. The van der Waals surface area contributed by atoms with Crippen molar-refractivity contribution in [1.82, 2.24) is 0 Å². The monoisotopic (exact) mass is 754 g/mol. The van der Waals surface area contributed by atoms with E-state index in [9.17, 15) is 19.8 Å². The molecule has 0 saturated carbocycles. The van der Waals surface area contributed by atoms with Crippen molar-refractivity contribution in [3.8, 4) is 57.1 Å². The molecule has 0 spiro atoms. The maximum Gasteiger partial charge on any atom is 0.308 e. The fourth-order valence-electron chi connectivity index (χ4n) is 6.83. The number of carbonyl (C=O) groups excluding carboxylic acids is 2. The van der Waals surface area contributed by atoms with Gasteiger partial charge in [0.1, 0.15) is 46.0 Å². The molecule has 0 amide bonds. The summed E-state index contributed by atoms with van der Waals surface area (Å²) in [6.45, 7) is 3.81. The Kier molecular flexibility index (Phi) is 14.3. The van der Waals surface area contributed by atoms with Gasteiger partial charge in [-0.3, -0.25) is 9.59 Å². The molecule has 0 aliphatic carbocycles. The molecule has 0 aliphatic rings. The second-order valence-electron chi connectivity index (χ2n) is 12.1. The lowest BCUT2D eigenvalue weighted by atomic mass is 9.90. The fraction of sp³-hybridized carbons (Fsp3) is 0.450. The van der Waals surface area contributed by atoms with Crippen LogP contribution in [0.2, 0.25) is 0 Å². The second kappa shape index (κ2) is 18.6. The van der Waals surface area contributed by atoms with E-state index in [0.717, 1.165) is 0 Å².